The van der Waals surface area contributed by atoms with Gasteiger partial charge in [-0.1, -0.05) is 32.9 Å². The van der Waals surface area contributed by atoms with Crippen molar-refractivity contribution >= 4 is 0 Å². The first kappa shape index (κ1) is 16.0. The predicted molar refractivity (Wildman–Crippen MR) is 79.7 cm³/mol. The van der Waals surface area contributed by atoms with Crippen molar-refractivity contribution in [2.24, 2.45) is 0 Å². The highest BCUT2D eigenvalue weighted by Gasteiger charge is 2.20. The van der Waals surface area contributed by atoms with Crippen molar-refractivity contribution in [3.8, 4) is 5.75 Å². The molecule has 1 rings (SSSR count). The van der Waals surface area contributed by atoms with Crippen LogP contribution in [0, 0.1) is 0 Å². The van der Waals surface area contributed by atoms with Crippen molar-refractivity contribution in [3.63, 3.8) is 0 Å². The molecule has 0 saturated carbocycles. The van der Waals surface area contributed by atoms with E-state index in [9.17, 15) is 0 Å². The van der Waals surface area contributed by atoms with E-state index in [0.717, 1.165) is 31.7 Å². The van der Waals surface area contributed by atoms with Crippen LogP contribution in [0.25, 0.3) is 0 Å². The van der Waals surface area contributed by atoms with Crippen LogP contribution in [0.15, 0.2) is 24.3 Å². The highest BCUT2D eigenvalue weighted by molar-refractivity contribution is 5.29. The van der Waals surface area contributed by atoms with Gasteiger partial charge in [-0.15, -0.1) is 0 Å². The van der Waals surface area contributed by atoms with Gasteiger partial charge in [0.2, 0.25) is 0 Å². The summed E-state index contributed by atoms with van der Waals surface area (Å²) in [6, 6.07) is 8.57. The Labute approximate surface area is 117 Å². The summed E-state index contributed by atoms with van der Waals surface area (Å²) in [6.07, 6.45) is 2.22. The number of hydrogen-bond acceptors (Lipinski definition) is 3. The Hall–Kier alpha value is -1.06. The third-order valence-electron chi connectivity index (χ3n) is 3.21. The zero-order valence-corrected chi connectivity index (χ0v) is 12.6. The molecule has 0 radical (unpaired) electrons. The van der Waals surface area contributed by atoms with Gasteiger partial charge >= 0.3 is 0 Å². The van der Waals surface area contributed by atoms with E-state index >= 15 is 0 Å². The second kappa shape index (κ2) is 8.94. The van der Waals surface area contributed by atoms with E-state index in [1.54, 1.807) is 7.11 Å². The molecule has 0 aliphatic carbocycles. The second-order valence-corrected chi connectivity index (χ2v) is 4.64. The van der Waals surface area contributed by atoms with Gasteiger partial charge in [0, 0.05) is 7.11 Å². The quantitative estimate of drug-likeness (QED) is 0.740. The molecule has 0 aromatic heterocycles. The van der Waals surface area contributed by atoms with Gasteiger partial charge in [0.1, 0.15) is 5.75 Å². The molecule has 0 bridgehead atoms. The molecular formula is C16H27NO2. The minimum absolute atomic E-state index is 0.197. The maximum atomic E-state index is 5.61. The average Bonchev–Trinajstić information content (AvgIpc) is 2.46. The van der Waals surface area contributed by atoms with E-state index in [1.807, 2.05) is 12.1 Å². The molecule has 1 N–H and O–H groups in total. The molecule has 0 fully saturated rings. The van der Waals surface area contributed by atoms with Gasteiger partial charge in [-0.05, 0) is 37.1 Å². The summed E-state index contributed by atoms with van der Waals surface area (Å²) < 4.78 is 11.2. The van der Waals surface area contributed by atoms with E-state index < -0.39 is 0 Å². The molecule has 1 aromatic carbocycles. The van der Waals surface area contributed by atoms with E-state index in [1.165, 1.54) is 5.56 Å². The molecule has 2 unspecified atom stereocenters. The van der Waals surface area contributed by atoms with Gasteiger partial charge in [-0.2, -0.15) is 0 Å². The van der Waals surface area contributed by atoms with E-state index in [-0.39, 0.29) is 12.1 Å². The normalized spacial score (nSPS) is 14.1. The van der Waals surface area contributed by atoms with Crippen molar-refractivity contribution in [1.29, 1.82) is 0 Å². The van der Waals surface area contributed by atoms with Crippen LogP contribution in [-0.4, -0.2) is 26.4 Å². The monoisotopic (exact) mass is 265 g/mol. The zero-order chi connectivity index (χ0) is 14.1. The molecule has 0 spiro atoms. The van der Waals surface area contributed by atoms with Crippen LogP contribution < -0.4 is 10.1 Å². The summed E-state index contributed by atoms with van der Waals surface area (Å²) in [6.45, 7) is 8.08. The third kappa shape index (κ3) is 4.84. The maximum Gasteiger partial charge on any atom is 0.119 e. The lowest BCUT2D eigenvalue weighted by Crippen LogP contribution is -2.32. The smallest absolute Gasteiger partial charge is 0.119 e. The minimum Gasteiger partial charge on any atom is -0.494 e. The molecular weight excluding hydrogens is 238 g/mol. The lowest BCUT2D eigenvalue weighted by Gasteiger charge is -2.26. The molecule has 0 saturated heterocycles. The Balaban J connectivity index is 2.78. The van der Waals surface area contributed by atoms with Crippen molar-refractivity contribution in [3.05, 3.63) is 29.8 Å². The van der Waals surface area contributed by atoms with Crippen LogP contribution in [-0.2, 0) is 4.74 Å². The Morgan fingerprint density at radius 3 is 2.26 bits per heavy atom. The van der Waals surface area contributed by atoms with Crippen LogP contribution in [0.5, 0.6) is 5.75 Å². The highest BCUT2D eigenvalue weighted by Crippen LogP contribution is 2.23. The number of rotatable bonds is 9. The van der Waals surface area contributed by atoms with Gasteiger partial charge in [0.05, 0.1) is 18.8 Å². The number of benzene rings is 1. The van der Waals surface area contributed by atoms with Gasteiger partial charge in [-0.3, -0.25) is 0 Å². The number of methoxy groups -OCH3 is 1. The van der Waals surface area contributed by atoms with Crippen LogP contribution in [0.1, 0.15) is 45.2 Å². The fourth-order valence-electron chi connectivity index (χ4n) is 2.21. The molecule has 3 nitrogen and oxygen atoms in total. The highest BCUT2D eigenvalue weighted by atomic mass is 16.5. The molecule has 19 heavy (non-hydrogen) atoms. The van der Waals surface area contributed by atoms with E-state index in [0.29, 0.717) is 0 Å². The Kier molecular flexibility index (Phi) is 7.53. The first-order chi connectivity index (χ1) is 9.26. The van der Waals surface area contributed by atoms with Crippen molar-refractivity contribution < 1.29 is 9.47 Å². The first-order valence-corrected chi connectivity index (χ1v) is 7.25. The predicted octanol–water partition coefficient (Wildman–Crippen LogP) is 3.55. The zero-order valence-electron chi connectivity index (χ0n) is 12.6. The molecule has 0 heterocycles. The summed E-state index contributed by atoms with van der Waals surface area (Å²) >= 11 is 0. The van der Waals surface area contributed by atoms with Crippen LogP contribution in [0.4, 0.5) is 0 Å². The number of ether oxygens (including phenoxy) is 2. The summed E-state index contributed by atoms with van der Waals surface area (Å²) in [5, 5.41) is 3.50. The van der Waals surface area contributed by atoms with Gasteiger partial charge in [-0.25, -0.2) is 0 Å². The van der Waals surface area contributed by atoms with Crippen LogP contribution in [0.2, 0.25) is 0 Å². The molecule has 3 heteroatoms. The van der Waals surface area contributed by atoms with Gasteiger partial charge in [0.15, 0.2) is 0 Å². The second-order valence-electron chi connectivity index (χ2n) is 4.64. The topological polar surface area (TPSA) is 30.5 Å². The van der Waals surface area contributed by atoms with Crippen molar-refractivity contribution in [2.45, 2.75) is 45.8 Å². The fraction of sp³-hybridized carbons (Fsp3) is 0.625. The fourth-order valence-corrected chi connectivity index (χ4v) is 2.21. The average molecular weight is 265 g/mol. The summed E-state index contributed by atoms with van der Waals surface area (Å²) in [5.41, 5.74) is 1.25. The lowest BCUT2D eigenvalue weighted by atomic mass is 9.99. The number of nitrogens with one attached hydrogen (secondary N) is 1. The standard InChI is InChI=1S/C16H27NO2/c1-5-12-19-14-10-8-13(9-11-14)16(17-7-3)15(6-2)18-4/h8-11,15-17H,5-7,12H2,1-4H3. The van der Waals surface area contributed by atoms with Crippen molar-refractivity contribution in [1.82, 2.24) is 5.32 Å². The largest absolute Gasteiger partial charge is 0.494 e. The van der Waals surface area contributed by atoms with Gasteiger partial charge < -0.3 is 14.8 Å². The summed E-state index contributed by atoms with van der Waals surface area (Å²) in [5.74, 6) is 0.936. The SMILES string of the molecule is CCCOc1ccc(C(NCC)C(CC)OC)cc1. The first-order valence-electron chi connectivity index (χ1n) is 7.25. The summed E-state index contributed by atoms with van der Waals surface area (Å²) in [7, 11) is 1.78. The Morgan fingerprint density at radius 2 is 1.79 bits per heavy atom. The maximum absolute atomic E-state index is 5.61. The molecule has 1 aromatic rings. The molecule has 108 valence electrons. The third-order valence-corrected chi connectivity index (χ3v) is 3.21. The van der Waals surface area contributed by atoms with E-state index in [2.05, 4.69) is 38.2 Å². The number of likely N-dealkylation sites (N-methyl/N-ethyl adjacent to an activating group) is 1. The molecule has 2 atom stereocenters. The van der Waals surface area contributed by atoms with Crippen LogP contribution in [0.3, 0.4) is 0 Å². The summed E-state index contributed by atoms with van der Waals surface area (Å²) in [4.78, 5) is 0. The molecule has 0 amide bonds. The lowest BCUT2D eigenvalue weighted by molar-refractivity contribution is 0.0656. The number of hydrogen-bond donors (Lipinski definition) is 1. The molecule has 0 aliphatic rings. The van der Waals surface area contributed by atoms with Crippen LogP contribution >= 0.6 is 0 Å². The Bertz CT molecular complexity index is 333. The van der Waals surface area contributed by atoms with E-state index in [4.69, 9.17) is 9.47 Å². The molecule has 0 aliphatic heterocycles. The Morgan fingerprint density at radius 1 is 1.11 bits per heavy atom. The van der Waals surface area contributed by atoms with Gasteiger partial charge in [0.25, 0.3) is 0 Å². The minimum atomic E-state index is 0.197. The van der Waals surface area contributed by atoms with Crippen molar-refractivity contribution in [2.75, 3.05) is 20.3 Å².